The summed E-state index contributed by atoms with van der Waals surface area (Å²) in [5, 5.41) is 16.6. The Kier molecular flexibility index (Phi) is 7.45. The summed E-state index contributed by atoms with van der Waals surface area (Å²) in [5.74, 6) is 0. The number of thiazole rings is 2. The lowest BCUT2D eigenvalue weighted by atomic mass is 10.2. The topological polar surface area (TPSA) is 160 Å². The van der Waals surface area contributed by atoms with Crippen LogP contribution in [0.3, 0.4) is 0 Å². The van der Waals surface area contributed by atoms with Crippen LogP contribution in [0.15, 0.2) is 35.8 Å². The van der Waals surface area contributed by atoms with E-state index in [9.17, 15) is 19.7 Å². The predicted molar refractivity (Wildman–Crippen MR) is 113 cm³/mol. The lowest BCUT2D eigenvalue weighted by molar-refractivity contribution is -0.384. The van der Waals surface area contributed by atoms with Crippen LogP contribution >= 0.6 is 22.7 Å². The zero-order valence-corrected chi connectivity index (χ0v) is 17.6. The van der Waals surface area contributed by atoms with E-state index in [0.717, 1.165) is 15.6 Å². The first kappa shape index (κ1) is 22.1. The Morgan fingerprint density at radius 3 is 2.65 bits per heavy atom. The van der Waals surface area contributed by atoms with Gasteiger partial charge in [-0.25, -0.2) is 19.6 Å². The van der Waals surface area contributed by atoms with Crippen LogP contribution in [0.25, 0.3) is 10.6 Å². The molecule has 13 heteroatoms. The molecule has 3 N–H and O–H groups in total. The van der Waals surface area contributed by atoms with Crippen molar-refractivity contribution in [2.75, 3.05) is 6.54 Å². The van der Waals surface area contributed by atoms with Gasteiger partial charge in [0.15, 0.2) is 0 Å². The molecule has 162 valence electrons. The smallest absolute Gasteiger partial charge is 0.407 e. The molecule has 2 amide bonds. The van der Waals surface area contributed by atoms with Crippen molar-refractivity contribution in [3.8, 4) is 10.6 Å². The number of benzene rings is 1. The van der Waals surface area contributed by atoms with Gasteiger partial charge < -0.3 is 20.5 Å². The maximum atomic E-state index is 11.8. The maximum Gasteiger partial charge on any atom is 0.407 e. The molecule has 1 aromatic carbocycles. The molecule has 0 unspecified atom stereocenters. The van der Waals surface area contributed by atoms with Crippen molar-refractivity contribution in [2.24, 2.45) is 5.73 Å². The minimum absolute atomic E-state index is 0.0123. The van der Waals surface area contributed by atoms with Gasteiger partial charge in [0.25, 0.3) is 5.69 Å². The summed E-state index contributed by atoms with van der Waals surface area (Å²) in [4.78, 5) is 42.1. The van der Waals surface area contributed by atoms with Crippen LogP contribution < -0.4 is 11.1 Å². The highest BCUT2D eigenvalue weighted by Gasteiger charge is 2.11. The SMILES string of the molecule is NC(=O)OCc1ncc(-c2csc(CCNC(=O)OCc3ccc([N+](=O)[O-])cc3)n2)s1. The average molecular weight is 463 g/mol. The van der Waals surface area contributed by atoms with E-state index in [2.05, 4.69) is 15.3 Å². The highest BCUT2D eigenvalue weighted by Crippen LogP contribution is 2.27. The number of carbonyl (C=O) groups excluding carboxylic acids is 2. The Bertz CT molecular complexity index is 1070. The van der Waals surface area contributed by atoms with Crippen molar-refractivity contribution in [1.29, 1.82) is 0 Å². The third-order valence-electron chi connectivity index (χ3n) is 3.82. The van der Waals surface area contributed by atoms with Gasteiger partial charge in [-0.2, -0.15) is 0 Å². The molecule has 3 aromatic rings. The lowest BCUT2D eigenvalue weighted by Crippen LogP contribution is -2.26. The molecule has 0 aliphatic carbocycles. The van der Waals surface area contributed by atoms with Gasteiger partial charge in [-0.1, -0.05) is 0 Å². The average Bonchev–Trinajstić information content (AvgIpc) is 3.40. The molecule has 2 aromatic heterocycles. The van der Waals surface area contributed by atoms with Crippen LogP contribution in [0.4, 0.5) is 15.3 Å². The predicted octanol–water partition coefficient (Wildman–Crippen LogP) is 3.24. The summed E-state index contributed by atoms with van der Waals surface area (Å²) < 4.78 is 9.81. The molecule has 0 aliphatic heterocycles. The Morgan fingerprint density at radius 1 is 1.16 bits per heavy atom. The number of primary amides is 1. The first-order chi connectivity index (χ1) is 14.9. The first-order valence-corrected chi connectivity index (χ1v) is 10.6. The summed E-state index contributed by atoms with van der Waals surface area (Å²) in [6.45, 7) is 0.369. The van der Waals surface area contributed by atoms with Crippen LogP contribution in [-0.4, -0.2) is 33.6 Å². The van der Waals surface area contributed by atoms with Crippen molar-refractivity contribution in [3.63, 3.8) is 0 Å². The zero-order valence-electron chi connectivity index (χ0n) is 16.0. The quantitative estimate of drug-likeness (QED) is 0.361. The number of nitro groups is 1. The highest BCUT2D eigenvalue weighted by atomic mass is 32.1. The summed E-state index contributed by atoms with van der Waals surface area (Å²) in [6, 6.07) is 5.78. The number of alkyl carbamates (subject to hydrolysis) is 1. The van der Waals surface area contributed by atoms with Gasteiger partial charge >= 0.3 is 12.2 Å². The molecule has 0 atom stereocenters. The Labute approximate surface area is 184 Å². The number of amides is 2. The molecular weight excluding hydrogens is 446 g/mol. The number of hydrogen-bond donors (Lipinski definition) is 2. The van der Waals surface area contributed by atoms with E-state index >= 15 is 0 Å². The number of nitrogens with one attached hydrogen (secondary N) is 1. The monoisotopic (exact) mass is 463 g/mol. The second-order valence-electron chi connectivity index (χ2n) is 6.03. The molecule has 0 fully saturated rings. The van der Waals surface area contributed by atoms with Crippen molar-refractivity contribution in [2.45, 2.75) is 19.6 Å². The highest BCUT2D eigenvalue weighted by molar-refractivity contribution is 7.15. The van der Waals surface area contributed by atoms with Gasteiger partial charge in [-0.05, 0) is 17.7 Å². The van der Waals surface area contributed by atoms with Gasteiger partial charge in [0.05, 0.1) is 20.5 Å². The van der Waals surface area contributed by atoms with E-state index in [0.29, 0.717) is 23.5 Å². The maximum absolute atomic E-state index is 11.8. The van der Waals surface area contributed by atoms with E-state index in [1.807, 2.05) is 5.38 Å². The standard InChI is InChI=1S/C18H17N5O6S2/c19-17(24)28-9-16-21-7-14(31-16)13-10-30-15(22-13)5-6-20-18(25)29-8-11-1-3-12(4-2-11)23(26)27/h1-4,7,10H,5-6,8-9H2,(H2,19,24)(H,20,25). The van der Waals surface area contributed by atoms with Gasteiger partial charge in [0.2, 0.25) is 0 Å². The molecule has 0 bridgehead atoms. The van der Waals surface area contributed by atoms with Crippen LogP contribution in [0.2, 0.25) is 0 Å². The normalized spacial score (nSPS) is 10.5. The number of aromatic nitrogens is 2. The molecule has 0 saturated heterocycles. The number of nitrogens with zero attached hydrogens (tertiary/aromatic N) is 3. The largest absolute Gasteiger partial charge is 0.445 e. The van der Waals surface area contributed by atoms with Gasteiger partial charge in [0, 0.05) is 36.7 Å². The second kappa shape index (κ2) is 10.4. The minimum atomic E-state index is -0.855. The van der Waals surface area contributed by atoms with Crippen molar-refractivity contribution in [1.82, 2.24) is 15.3 Å². The molecule has 11 nitrogen and oxygen atoms in total. The number of rotatable bonds is 9. The van der Waals surface area contributed by atoms with E-state index in [4.69, 9.17) is 15.2 Å². The van der Waals surface area contributed by atoms with Gasteiger partial charge in [-0.3, -0.25) is 10.1 Å². The molecule has 0 radical (unpaired) electrons. The summed E-state index contributed by atoms with van der Waals surface area (Å²) in [5.41, 5.74) is 6.32. The third-order valence-corrected chi connectivity index (χ3v) is 5.72. The number of nitro benzene ring substituents is 1. The first-order valence-electron chi connectivity index (χ1n) is 8.86. The molecule has 0 saturated carbocycles. The van der Waals surface area contributed by atoms with Crippen LogP contribution in [0, 0.1) is 10.1 Å². The fourth-order valence-corrected chi connectivity index (χ4v) is 4.02. The Balaban J connectivity index is 1.40. The minimum Gasteiger partial charge on any atom is -0.445 e. The number of non-ortho nitro benzene ring substituents is 1. The van der Waals surface area contributed by atoms with Crippen LogP contribution in [-0.2, 0) is 29.1 Å². The van der Waals surface area contributed by atoms with Crippen molar-refractivity contribution in [3.05, 3.63) is 61.5 Å². The van der Waals surface area contributed by atoms with Gasteiger partial charge in [-0.15, -0.1) is 22.7 Å². The van der Waals surface area contributed by atoms with Crippen LogP contribution in [0.5, 0.6) is 0 Å². The second-order valence-corrected chi connectivity index (χ2v) is 8.09. The Hall–Kier alpha value is -3.58. The fourth-order valence-electron chi connectivity index (χ4n) is 2.35. The zero-order chi connectivity index (χ0) is 22.2. The molecule has 0 spiro atoms. The summed E-state index contributed by atoms with van der Waals surface area (Å²) in [7, 11) is 0. The number of carbonyl (C=O) groups is 2. The number of ether oxygens (including phenoxy) is 2. The van der Waals surface area contributed by atoms with Crippen molar-refractivity contribution >= 4 is 40.5 Å². The Morgan fingerprint density at radius 2 is 1.94 bits per heavy atom. The number of nitrogens with two attached hydrogens (primary N) is 1. The van der Waals surface area contributed by atoms with Crippen LogP contribution in [0.1, 0.15) is 15.6 Å². The molecule has 2 heterocycles. The lowest BCUT2D eigenvalue weighted by Gasteiger charge is -2.06. The summed E-state index contributed by atoms with van der Waals surface area (Å²) >= 11 is 2.80. The van der Waals surface area contributed by atoms with Gasteiger partial charge in [0.1, 0.15) is 18.2 Å². The van der Waals surface area contributed by atoms with E-state index in [1.165, 1.54) is 46.9 Å². The third kappa shape index (κ3) is 6.72. The van der Waals surface area contributed by atoms with E-state index < -0.39 is 17.1 Å². The van der Waals surface area contributed by atoms with E-state index in [1.54, 1.807) is 6.20 Å². The number of hydrogen-bond acceptors (Lipinski definition) is 10. The molecule has 0 aliphatic rings. The fraction of sp³-hybridized carbons (Fsp3) is 0.222. The molecule has 3 rings (SSSR count). The molecule has 31 heavy (non-hydrogen) atoms. The molecular formula is C18H17N5O6S2. The van der Waals surface area contributed by atoms with E-state index in [-0.39, 0.29) is 18.9 Å². The summed E-state index contributed by atoms with van der Waals surface area (Å²) in [6.07, 6.45) is 0.730. The van der Waals surface area contributed by atoms with Crippen molar-refractivity contribution < 1.29 is 24.0 Å².